The van der Waals surface area contributed by atoms with E-state index in [4.69, 9.17) is 0 Å². The van der Waals surface area contributed by atoms with Gasteiger partial charge in [-0.1, -0.05) is 6.07 Å². The van der Waals surface area contributed by atoms with Gasteiger partial charge in [0.15, 0.2) is 0 Å². The van der Waals surface area contributed by atoms with Gasteiger partial charge in [-0.2, -0.15) is 4.98 Å². The van der Waals surface area contributed by atoms with E-state index in [-0.39, 0.29) is 11.7 Å². The fourth-order valence-corrected chi connectivity index (χ4v) is 3.00. The number of carbonyl (C=O) groups is 1. The molecule has 23 heavy (non-hydrogen) atoms. The Morgan fingerprint density at radius 3 is 3.09 bits per heavy atom. The molecule has 0 saturated carbocycles. The molecule has 7 nitrogen and oxygen atoms in total. The molecule has 116 valence electrons. The predicted octanol–water partition coefficient (Wildman–Crippen LogP) is 1.22. The Hall–Kier alpha value is -2.83. The maximum Gasteiger partial charge on any atom is 0.293 e. The normalized spacial score (nSPS) is 17.7. The largest absolute Gasteiger partial charge is 0.336 e. The maximum absolute atomic E-state index is 12.6. The summed E-state index contributed by atoms with van der Waals surface area (Å²) >= 11 is 0. The summed E-state index contributed by atoms with van der Waals surface area (Å²) in [6, 6.07) is 5.78. The van der Waals surface area contributed by atoms with Gasteiger partial charge in [-0.05, 0) is 36.5 Å². The van der Waals surface area contributed by atoms with Gasteiger partial charge in [0.25, 0.3) is 11.7 Å². The summed E-state index contributed by atoms with van der Waals surface area (Å²) in [5.41, 5.74) is 1.21. The highest BCUT2D eigenvalue weighted by molar-refractivity contribution is 5.91. The molecule has 3 aromatic heterocycles. The van der Waals surface area contributed by atoms with Crippen LogP contribution < -0.4 is 0 Å². The first-order valence-corrected chi connectivity index (χ1v) is 7.65. The standard InChI is InChI=1S/C16H16N6O/c23-15(14-19-16-18-6-2-7-22(16)20-14)21-8-4-13(11-21)9-12-3-1-5-17-10-12/h1-3,5-7,10,13H,4,8-9,11H2. The first-order chi connectivity index (χ1) is 11.3. The van der Waals surface area contributed by atoms with Crippen LogP contribution in [0, 0.1) is 5.92 Å². The third-order valence-electron chi connectivity index (χ3n) is 4.13. The van der Waals surface area contributed by atoms with E-state index in [2.05, 4.69) is 26.1 Å². The van der Waals surface area contributed by atoms with E-state index >= 15 is 0 Å². The number of carbonyl (C=O) groups excluding carboxylic acids is 1. The molecule has 1 atom stereocenters. The third-order valence-corrected chi connectivity index (χ3v) is 4.13. The molecule has 0 bridgehead atoms. The zero-order chi connectivity index (χ0) is 15.6. The van der Waals surface area contributed by atoms with E-state index < -0.39 is 0 Å². The molecule has 0 aromatic carbocycles. The number of nitrogens with zero attached hydrogens (tertiary/aromatic N) is 6. The molecule has 4 heterocycles. The van der Waals surface area contributed by atoms with Crippen LogP contribution in [0.4, 0.5) is 0 Å². The number of likely N-dealkylation sites (tertiary alicyclic amines) is 1. The van der Waals surface area contributed by atoms with E-state index in [1.165, 1.54) is 10.1 Å². The van der Waals surface area contributed by atoms with Crippen LogP contribution in [0.15, 0.2) is 43.0 Å². The van der Waals surface area contributed by atoms with Crippen molar-refractivity contribution in [1.82, 2.24) is 29.5 Å². The molecule has 0 spiro atoms. The Kier molecular flexibility index (Phi) is 3.45. The first kappa shape index (κ1) is 13.8. The van der Waals surface area contributed by atoms with Crippen molar-refractivity contribution in [3.63, 3.8) is 0 Å². The van der Waals surface area contributed by atoms with Crippen LogP contribution in [0.3, 0.4) is 0 Å². The summed E-state index contributed by atoms with van der Waals surface area (Å²) in [4.78, 5) is 26.8. The van der Waals surface area contributed by atoms with E-state index in [0.717, 1.165) is 25.9 Å². The van der Waals surface area contributed by atoms with Gasteiger partial charge in [0, 0.05) is 37.9 Å². The van der Waals surface area contributed by atoms with Crippen LogP contribution in [0.25, 0.3) is 5.78 Å². The van der Waals surface area contributed by atoms with Gasteiger partial charge < -0.3 is 4.90 Å². The molecule has 7 heteroatoms. The fraction of sp³-hybridized carbons (Fsp3) is 0.312. The number of hydrogen-bond donors (Lipinski definition) is 0. The number of hydrogen-bond acceptors (Lipinski definition) is 5. The number of aromatic nitrogens is 5. The Bertz CT molecular complexity index is 798. The second-order valence-electron chi connectivity index (χ2n) is 5.77. The lowest BCUT2D eigenvalue weighted by atomic mass is 10.0. The van der Waals surface area contributed by atoms with Crippen LogP contribution in [-0.4, -0.2) is 48.5 Å². The van der Waals surface area contributed by atoms with Crippen LogP contribution >= 0.6 is 0 Å². The van der Waals surface area contributed by atoms with E-state index in [1.54, 1.807) is 24.7 Å². The molecule has 0 radical (unpaired) electrons. The average molecular weight is 308 g/mol. The number of amides is 1. The Labute approximate surface area is 133 Å². The fourth-order valence-electron chi connectivity index (χ4n) is 3.00. The molecular weight excluding hydrogens is 292 g/mol. The molecule has 1 aliphatic heterocycles. The van der Waals surface area contributed by atoms with Gasteiger partial charge in [0.2, 0.25) is 5.82 Å². The van der Waals surface area contributed by atoms with E-state index in [0.29, 0.717) is 11.7 Å². The lowest BCUT2D eigenvalue weighted by Gasteiger charge is -2.14. The van der Waals surface area contributed by atoms with Crippen LogP contribution in [0.2, 0.25) is 0 Å². The highest BCUT2D eigenvalue weighted by Gasteiger charge is 2.29. The Morgan fingerprint density at radius 1 is 1.30 bits per heavy atom. The number of pyridine rings is 1. The van der Waals surface area contributed by atoms with Gasteiger partial charge in [-0.15, -0.1) is 5.10 Å². The minimum Gasteiger partial charge on any atom is -0.336 e. The molecule has 1 unspecified atom stereocenters. The lowest BCUT2D eigenvalue weighted by Crippen LogP contribution is -2.29. The molecule has 4 rings (SSSR count). The number of rotatable bonds is 3. The topological polar surface area (TPSA) is 76.3 Å². The molecule has 0 N–H and O–H groups in total. The Balaban J connectivity index is 1.45. The maximum atomic E-state index is 12.6. The van der Waals surface area contributed by atoms with Crippen molar-refractivity contribution >= 4 is 11.7 Å². The summed E-state index contributed by atoms with van der Waals surface area (Å²) < 4.78 is 1.52. The van der Waals surface area contributed by atoms with Gasteiger partial charge in [-0.3, -0.25) is 9.78 Å². The Morgan fingerprint density at radius 2 is 2.26 bits per heavy atom. The van der Waals surface area contributed by atoms with Crippen molar-refractivity contribution < 1.29 is 4.79 Å². The van der Waals surface area contributed by atoms with Crippen LogP contribution in [-0.2, 0) is 6.42 Å². The van der Waals surface area contributed by atoms with Crippen molar-refractivity contribution in [2.45, 2.75) is 12.8 Å². The molecule has 1 aliphatic rings. The lowest BCUT2D eigenvalue weighted by molar-refractivity contribution is 0.0775. The van der Waals surface area contributed by atoms with Crippen molar-refractivity contribution in [3.8, 4) is 0 Å². The average Bonchev–Trinajstić information content (AvgIpc) is 3.21. The summed E-state index contributed by atoms with van der Waals surface area (Å²) in [7, 11) is 0. The molecule has 1 amide bonds. The molecule has 1 fully saturated rings. The second-order valence-corrected chi connectivity index (χ2v) is 5.77. The zero-order valence-electron chi connectivity index (χ0n) is 12.5. The van der Waals surface area contributed by atoms with Crippen molar-refractivity contribution in [2.75, 3.05) is 13.1 Å². The highest BCUT2D eigenvalue weighted by Crippen LogP contribution is 2.21. The van der Waals surface area contributed by atoms with Crippen LogP contribution in [0.1, 0.15) is 22.6 Å². The van der Waals surface area contributed by atoms with Gasteiger partial charge in [0.1, 0.15) is 0 Å². The SMILES string of the molecule is O=C(c1nc2ncccn2n1)N1CCC(Cc2cccnc2)C1. The first-order valence-electron chi connectivity index (χ1n) is 7.65. The van der Waals surface area contributed by atoms with Gasteiger partial charge in [-0.25, -0.2) is 9.50 Å². The number of fused-ring (bicyclic) bond motifs is 1. The van der Waals surface area contributed by atoms with E-state index in [9.17, 15) is 4.79 Å². The zero-order valence-corrected chi connectivity index (χ0v) is 12.5. The van der Waals surface area contributed by atoms with Crippen molar-refractivity contribution in [2.24, 2.45) is 5.92 Å². The van der Waals surface area contributed by atoms with Gasteiger partial charge >= 0.3 is 0 Å². The van der Waals surface area contributed by atoms with E-state index in [1.807, 2.05) is 17.2 Å². The molecule has 1 saturated heterocycles. The summed E-state index contributed by atoms with van der Waals surface area (Å²) in [5.74, 6) is 0.996. The van der Waals surface area contributed by atoms with Crippen molar-refractivity contribution in [3.05, 3.63) is 54.4 Å². The molecular formula is C16H16N6O. The molecule has 0 aliphatic carbocycles. The molecule has 3 aromatic rings. The summed E-state index contributed by atoms with van der Waals surface area (Å²) in [5, 5.41) is 4.21. The third kappa shape index (κ3) is 2.77. The monoisotopic (exact) mass is 308 g/mol. The smallest absolute Gasteiger partial charge is 0.293 e. The van der Waals surface area contributed by atoms with Crippen LogP contribution in [0.5, 0.6) is 0 Å². The van der Waals surface area contributed by atoms with Gasteiger partial charge in [0.05, 0.1) is 0 Å². The minimum atomic E-state index is -0.121. The minimum absolute atomic E-state index is 0.121. The quantitative estimate of drug-likeness (QED) is 0.727. The second kappa shape index (κ2) is 5.75. The highest BCUT2D eigenvalue weighted by atomic mass is 16.2. The summed E-state index contributed by atoms with van der Waals surface area (Å²) in [6.07, 6.45) is 8.97. The summed E-state index contributed by atoms with van der Waals surface area (Å²) in [6.45, 7) is 1.48. The predicted molar refractivity (Wildman–Crippen MR) is 82.7 cm³/mol. The van der Waals surface area contributed by atoms with Crippen molar-refractivity contribution in [1.29, 1.82) is 0 Å².